The van der Waals surface area contributed by atoms with Gasteiger partial charge in [-0.2, -0.15) is 0 Å². The summed E-state index contributed by atoms with van der Waals surface area (Å²) in [5.41, 5.74) is 4.80. The van der Waals surface area contributed by atoms with Gasteiger partial charge in [0.25, 0.3) is 0 Å². The molecule has 0 N–H and O–H groups in total. The van der Waals surface area contributed by atoms with Crippen LogP contribution in [0.2, 0.25) is 0 Å². The number of aryl methyl sites for hydroxylation is 1. The van der Waals surface area contributed by atoms with Gasteiger partial charge in [0, 0.05) is 22.1 Å². The number of fused-ring (bicyclic) bond motifs is 1. The summed E-state index contributed by atoms with van der Waals surface area (Å²) in [6.07, 6.45) is 3.31. The van der Waals surface area contributed by atoms with E-state index in [1.807, 2.05) is 25.1 Å². The fraction of sp³-hybridized carbons (Fsp3) is 0.211. The van der Waals surface area contributed by atoms with Crippen LogP contribution in [0.4, 0.5) is 0 Å². The van der Waals surface area contributed by atoms with Crippen molar-refractivity contribution in [3.8, 4) is 11.3 Å². The van der Waals surface area contributed by atoms with Gasteiger partial charge >= 0.3 is 0 Å². The SMILES string of the molecule is CSc1ccc(-c2cc(C)c3cc(CS(C)(=O)=O)ccc3n2)cc1. The third-order valence-electron chi connectivity index (χ3n) is 3.89. The molecule has 0 bridgehead atoms. The van der Waals surface area contributed by atoms with Gasteiger partial charge in [0.05, 0.1) is 17.0 Å². The minimum absolute atomic E-state index is 0.0558. The number of nitrogens with zero attached hydrogens (tertiary/aromatic N) is 1. The van der Waals surface area contributed by atoms with E-state index < -0.39 is 9.84 Å². The summed E-state index contributed by atoms with van der Waals surface area (Å²) in [6.45, 7) is 2.04. The molecule has 0 fully saturated rings. The Morgan fingerprint density at radius 1 is 1.04 bits per heavy atom. The predicted octanol–water partition coefficient (Wildman–Crippen LogP) is 4.48. The summed E-state index contributed by atoms with van der Waals surface area (Å²) in [4.78, 5) is 5.97. The highest BCUT2D eigenvalue weighted by Gasteiger charge is 2.09. The zero-order valence-corrected chi connectivity index (χ0v) is 15.5. The molecule has 0 saturated heterocycles. The van der Waals surface area contributed by atoms with Gasteiger partial charge < -0.3 is 0 Å². The lowest BCUT2D eigenvalue weighted by molar-refractivity contribution is 0.601. The van der Waals surface area contributed by atoms with Crippen LogP contribution in [0, 0.1) is 6.92 Å². The molecule has 0 aliphatic carbocycles. The third-order valence-corrected chi connectivity index (χ3v) is 5.50. The minimum Gasteiger partial charge on any atom is -0.248 e. The second-order valence-electron chi connectivity index (χ2n) is 5.97. The molecular weight excluding hydrogens is 338 g/mol. The maximum absolute atomic E-state index is 11.5. The highest BCUT2D eigenvalue weighted by Crippen LogP contribution is 2.27. The predicted molar refractivity (Wildman–Crippen MR) is 102 cm³/mol. The molecule has 0 aliphatic heterocycles. The summed E-state index contributed by atoms with van der Waals surface area (Å²) in [5, 5.41) is 1.00. The largest absolute Gasteiger partial charge is 0.248 e. The van der Waals surface area contributed by atoms with Gasteiger partial charge in [0.2, 0.25) is 0 Å². The van der Waals surface area contributed by atoms with E-state index in [0.717, 1.165) is 33.3 Å². The molecule has 1 heterocycles. The summed E-state index contributed by atoms with van der Waals surface area (Å²) >= 11 is 1.71. The van der Waals surface area contributed by atoms with Crippen molar-refractivity contribution in [2.45, 2.75) is 17.6 Å². The smallest absolute Gasteiger partial charge is 0.151 e. The van der Waals surface area contributed by atoms with Crippen molar-refractivity contribution in [3.63, 3.8) is 0 Å². The van der Waals surface area contributed by atoms with E-state index >= 15 is 0 Å². The lowest BCUT2D eigenvalue weighted by atomic mass is 10.0. The first kappa shape index (κ1) is 17.0. The van der Waals surface area contributed by atoms with Gasteiger partial charge in [-0.3, -0.25) is 0 Å². The van der Waals surface area contributed by atoms with E-state index in [1.165, 1.54) is 11.2 Å². The molecule has 0 atom stereocenters. The number of thioether (sulfide) groups is 1. The van der Waals surface area contributed by atoms with Crippen molar-refractivity contribution in [2.24, 2.45) is 0 Å². The van der Waals surface area contributed by atoms with Crippen LogP contribution in [0.1, 0.15) is 11.1 Å². The quantitative estimate of drug-likeness (QED) is 0.646. The van der Waals surface area contributed by atoms with E-state index in [4.69, 9.17) is 4.98 Å². The van der Waals surface area contributed by atoms with Gasteiger partial charge in [-0.25, -0.2) is 13.4 Å². The summed E-state index contributed by atoms with van der Waals surface area (Å²) in [5.74, 6) is 0.0558. The Hall–Kier alpha value is -1.85. The minimum atomic E-state index is -3.04. The van der Waals surface area contributed by atoms with Crippen LogP contribution in [0.25, 0.3) is 22.2 Å². The second-order valence-corrected chi connectivity index (χ2v) is 8.99. The molecule has 124 valence electrons. The molecule has 3 aromatic rings. The Morgan fingerprint density at radius 3 is 2.38 bits per heavy atom. The Labute approximate surface area is 147 Å². The molecule has 3 rings (SSSR count). The first-order valence-electron chi connectivity index (χ1n) is 7.58. The van der Waals surface area contributed by atoms with Crippen LogP contribution in [0.15, 0.2) is 53.4 Å². The van der Waals surface area contributed by atoms with Crippen LogP contribution < -0.4 is 0 Å². The third kappa shape index (κ3) is 3.79. The van der Waals surface area contributed by atoms with E-state index in [-0.39, 0.29) is 5.75 Å². The molecule has 0 spiro atoms. The van der Waals surface area contributed by atoms with E-state index in [1.54, 1.807) is 11.8 Å². The fourth-order valence-electron chi connectivity index (χ4n) is 2.74. The maximum atomic E-state index is 11.5. The number of pyridine rings is 1. The van der Waals surface area contributed by atoms with Crippen molar-refractivity contribution in [3.05, 3.63) is 59.7 Å². The van der Waals surface area contributed by atoms with E-state index in [0.29, 0.717) is 0 Å². The Balaban J connectivity index is 2.05. The summed E-state index contributed by atoms with van der Waals surface area (Å²) in [6, 6.07) is 16.1. The molecule has 5 heteroatoms. The van der Waals surface area contributed by atoms with Crippen molar-refractivity contribution in [1.29, 1.82) is 0 Å². The van der Waals surface area contributed by atoms with Gasteiger partial charge in [-0.15, -0.1) is 11.8 Å². The topological polar surface area (TPSA) is 47.0 Å². The Kier molecular flexibility index (Phi) is 4.65. The standard InChI is InChI=1S/C19H19NO2S2/c1-13-10-19(15-5-7-16(23-2)8-6-15)20-18-9-4-14(11-17(13)18)12-24(3,21)22/h4-11H,12H2,1-3H3. The van der Waals surface area contributed by atoms with Crippen molar-refractivity contribution in [2.75, 3.05) is 12.5 Å². The van der Waals surface area contributed by atoms with Gasteiger partial charge in [-0.05, 0) is 54.6 Å². The normalized spacial score (nSPS) is 11.8. The van der Waals surface area contributed by atoms with Crippen LogP contribution in [-0.4, -0.2) is 25.9 Å². The molecule has 2 aromatic carbocycles. The highest BCUT2D eigenvalue weighted by molar-refractivity contribution is 7.98. The van der Waals surface area contributed by atoms with Crippen LogP contribution >= 0.6 is 11.8 Å². The molecule has 3 nitrogen and oxygen atoms in total. The fourth-order valence-corrected chi connectivity index (χ4v) is 3.94. The molecule has 0 unspecified atom stereocenters. The number of rotatable bonds is 4. The van der Waals surface area contributed by atoms with Gasteiger partial charge in [0.1, 0.15) is 0 Å². The number of benzene rings is 2. The average molecular weight is 358 g/mol. The van der Waals surface area contributed by atoms with Gasteiger partial charge in [0.15, 0.2) is 9.84 Å². The first-order chi connectivity index (χ1) is 11.4. The molecule has 1 aromatic heterocycles. The molecule has 0 saturated carbocycles. The van der Waals surface area contributed by atoms with E-state index in [9.17, 15) is 8.42 Å². The lowest BCUT2D eigenvalue weighted by Gasteiger charge is -2.09. The summed E-state index contributed by atoms with van der Waals surface area (Å²) in [7, 11) is -3.04. The molecule has 0 radical (unpaired) electrons. The average Bonchev–Trinajstić information content (AvgIpc) is 2.54. The Bertz CT molecular complexity index is 994. The number of aromatic nitrogens is 1. The van der Waals surface area contributed by atoms with Crippen LogP contribution in [0.3, 0.4) is 0 Å². The van der Waals surface area contributed by atoms with Gasteiger partial charge in [-0.1, -0.05) is 18.2 Å². The van der Waals surface area contributed by atoms with Crippen molar-refractivity contribution < 1.29 is 8.42 Å². The zero-order valence-electron chi connectivity index (χ0n) is 13.9. The number of hydrogen-bond donors (Lipinski definition) is 0. The zero-order chi connectivity index (χ0) is 17.3. The molecule has 24 heavy (non-hydrogen) atoms. The monoisotopic (exact) mass is 357 g/mol. The molecular formula is C19H19NO2S2. The van der Waals surface area contributed by atoms with Crippen molar-refractivity contribution >= 4 is 32.5 Å². The molecule has 0 amide bonds. The van der Waals surface area contributed by atoms with Crippen molar-refractivity contribution in [1.82, 2.24) is 4.98 Å². The first-order valence-corrected chi connectivity index (χ1v) is 10.9. The van der Waals surface area contributed by atoms with Crippen LogP contribution in [-0.2, 0) is 15.6 Å². The Morgan fingerprint density at radius 2 is 1.75 bits per heavy atom. The maximum Gasteiger partial charge on any atom is 0.151 e. The van der Waals surface area contributed by atoms with E-state index in [2.05, 4.69) is 36.6 Å². The lowest BCUT2D eigenvalue weighted by Crippen LogP contribution is -2.01. The molecule has 0 aliphatic rings. The second kappa shape index (κ2) is 6.57. The highest BCUT2D eigenvalue weighted by atomic mass is 32.2. The number of hydrogen-bond acceptors (Lipinski definition) is 4. The summed E-state index contributed by atoms with van der Waals surface area (Å²) < 4.78 is 23.0. The van der Waals surface area contributed by atoms with Crippen LogP contribution in [0.5, 0.6) is 0 Å². The number of sulfone groups is 1.